The minimum absolute atomic E-state index is 0.159. The fraction of sp³-hybridized carbons (Fsp3) is 0.667. The van der Waals surface area contributed by atoms with Crippen molar-refractivity contribution in [3.8, 4) is 0 Å². The zero-order valence-electron chi connectivity index (χ0n) is 13.0. The van der Waals surface area contributed by atoms with Gasteiger partial charge in [-0.1, -0.05) is 65.3 Å². The first kappa shape index (κ1) is 14.9. The zero-order valence-corrected chi connectivity index (χ0v) is 13.7. The van der Waals surface area contributed by atoms with Gasteiger partial charge in [0.2, 0.25) is 0 Å². The van der Waals surface area contributed by atoms with Gasteiger partial charge >= 0.3 is 0 Å². The lowest BCUT2D eigenvalue weighted by Crippen LogP contribution is -2.21. The maximum atomic E-state index is 6.76. The Labute approximate surface area is 123 Å². The zero-order chi connectivity index (χ0) is 14.3. The van der Waals surface area contributed by atoms with Crippen molar-refractivity contribution in [3.05, 3.63) is 35.4 Å². The molecule has 0 aliphatic heterocycles. The Kier molecular flexibility index (Phi) is 4.02. The second-order valence-corrected chi connectivity index (χ2v) is 8.23. The molecule has 19 heavy (non-hydrogen) atoms. The molecule has 2 unspecified atom stereocenters. The highest BCUT2D eigenvalue weighted by Gasteiger charge is 2.39. The van der Waals surface area contributed by atoms with Crippen LogP contribution in [-0.4, -0.2) is 0 Å². The van der Waals surface area contributed by atoms with E-state index in [1.165, 1.54) is 30.4 Å². The number of halogens is 1. The summed E-state index contributed by atoms with van der Waals surface area (Å²) in [6, 6.07) is 8.94. The fourth-order valence-corrected chi connectivity index (χ4v) is 3.91. The van der Waals surface area contributed by atoms with Gasteiger partial charge in [0.25, 0.3) is 0 Å². The Morgan fingerprint density at radius 3 is 2.16 bits per heavy atom. The number of hydrogen-bond acceptors (Lipinski definition) is 0. The van der Waals surface area contributed by atoms with E-state index in [0.717, 1.165) is 0 Å². The molecule has 0 aromatic heterocycles. The first-order chi connectivity index (χ1) is 8.72. The molecule has 2 atom stereocenters. The molecule has 1 saturated carbocycles. The third-order valence-electron chi connectivity index (χ3n) is 4.79. The average molecular weight is 279 g/mol. The van der Waals surface area contributed by atoms with Crippen molar-refractivity contribution in [1.82, 2.24) is 0 Å². The molecule has 1 aromatic rings. The molecule has 1 fully saturated rings. The Morgan fingerprint density at radius 1 is 1.16 bits per heavy atom. The van der Waals surface area contributed by atoms with E-state index >= 15 is 0 Å². The Bertz CT molecular complexity index is 422. The van der Waals surface area contributed by atoms with E-state index in [1.807, 2.05) is 0 Å². The average Bonchev–Trinajstić information content (AvgIpc) is 2.67. The second kappa shape index (κ2) is 5.13. The molecular weight excluding hydrogens is 252 g/mol. The quantitative estimate of drug-likeness (QED) is 0.574. The standard InChI is InChI=1S/C18H27Cl/c1-17(2,3)14-10-8-13(9-11-14)16(19)15-7-6-12-18(15,4)5/h8-11,15-16H,6-7,12H2,1-5H3. The third-order valence-corrected chi connectivity index (χ3v) is 5.34. The molecule has 0 saturated heterocycles. The molecule has 0 spiro atoms. The second-order valence-electron chi connectivity index (χ2n) is 7.76. The molecule has 0 nitrogen and oxygen atoms in total. The highest BCUT2D eigenvalue weighted by atomic mass is 35.5. The summed E-state index contributed by atoms with van der Waals surface area (Å²) in [6.45, 7) is 11.5. The van der Waals surface area contributed by atoms with Crippen molar-refractivity contribution in [3.63, 3.8) is 0 Å². The van der Waals surface area contributed by atoms with Gasteiger partial charge < -0.3 is 0 Å². The maximum Gasteiger partial charge on any atom is 0.0618 e. The van der Waals surface area contributed by atoms with Gasteiger partial charge in [0.05, 0.1) is 5.38 Å². The molecule has 0 heterocycles. The summed E-state index contributed by atoms with van der Waals surface area (Å²) < 4.78 is 0. The summed E-state index contributed by atoms with van der Waals surface area (Å²) in [7, 11) is 0. The summed E-state index contributed by atoms with van der Waals surface area (Å²) in [4.78, 5) is 0. The van der Waals surface area contributed by atoms with E-state index in [2.05, 4.69) is 58.9 Å². The lowest BCUT2D eigenvalue weighted by Gasteiger charge is -2.31. The molecular formula is C18H27Cl. The largest absolute Gasteiger partial charge is 0.118 e. The lowest BCUT2D eigenvalue weighted by atomic mass is 9.77. The van der Waals surface area contributed by atoms with Crippen LogP contribution >= 0.6 is 11.6 Å². The van der Waals surface area contributed by atoms with Crippen molar-refractivity contribution in [2.45, 2.75) is 64.7 Å². The van der Waals surface area contributed by atoms with Crippen LogP contribution in [0.15, 0.2) is 24.3 Å². The van der Waals surface area contributed by atoms with Crippen LogP contribution in [0, 0.1) is 11.3 Å². The van der Waals surface area contributed by atoms with Crippen LogP contribution in [0.1, 0.15) is 70.4 Å². The number of rotatable bonds is 2. The monoisotopic (exact) mass is 278 g/mol. The third kappa shape index (κ3) is 3.16. The van der Waals surface area contributed by atoms with Crippen molar-refractivity contribution < 1.29 is 0 Å². The molecule has 0 bridgehead atoms. The minimum Gasteiger partial charge on any atom is -0.118 e. The van der Waals surface area contributed by atoms with Gasteiger partial charge in [0, 0.05) is 0 Å². The van der Waals surface area contributed by atoms with E-state index in [9.17, 15) is 0 Å². The number of hydrogen-bond donors (Lipinski definition) is 0. The number of alkyl halides is 1. The molecule has 2 rings (SSSR count). The predicted molar refractivity (Wildman–Crippen MR) is 84.9 cm³/mol. The van der Waals surface area contributed by atoms with Crippen LogP contribution in [0.3, 0.4) is 0 Å². The van der Waals surface area contributed by atoms with Gasteiger partial charge in [0.1, 0.15) is 0 Å². The van der Waals surface area contributed by atoms with Gasteiger partial charge in [0.15, 0.2) is 0 Å². The lowest BCUT2D eigenvalue weighted by molar-refractivity contribution is 0.252. The highest BCUT2D eigenvalue weighted by molar-refractivity contribution is 6.21. The first-order valence-electron chi connectivity index (χ1n) is 7.46. The summed E-state index contributed by atoms with van der Waals surface area (Å²) in [5.74, 6) is 0.606. The molecule has 1 heteroatoms. The van der Waals surface area contributed by atoms with Crippen LogP contribution in [0.5, 0.6) is 0 Å². The van der Waals surface area contributed by atoms with E-state index in [-0.39, 0.29) is 10.8 Å². The van der Waals surface area contributed by atoms with E-state index in [4.69, 9.17) is 11.6 Å². The van der Waals surface area contributed by atoms with Gasteiger partial charge in [-0.05, 0) is 40.7 Å². The summed E-state index contributed by atoms with van der Waals surface area (Å²) in [5, 5.41) is 0.159. The Balaban J connectivity index is 2.18. The summed E-state index contributed by atoms with van der Waals surface area (Å²) in [6.07, 6.45) is 3.89. The minimum atomic E-state index is 0.159. The van der Waals surface area contributed by atoms with Crippen LogP contribution in [0.25, 0.3) is 0 Å². The first-order valence-corrected chi connectivity index (χ1v) is 7.90. The van der Waals surface area contributed by atoms with E-state index in [1.54, 1.807) is 0 Å². The number of benzene rings is 1. The van der Waals surface area contributed by atoms with Crippen molar-refractivity contribution in [1.29, 1.82) is 0 Å². The molecule has 1 aromatic carbocycles. The van der Waals surface area contributed by atoms with E-state index < -0.39 is 0 Å². The maximum absolute atomic E-state index is 6.76. The smallest absolute Gasteiger partial charge is 0.0618 e. The normalized spacial score (nSPS) is 24.4. The van der Waals surface area contributed by atoms with Crippen molar-refractivity contribution in [2.24, 2.45) is 11.3 Å². The summed E-state index contributed by atoms with van der Waals surface area (Å²) in [5.41, 5.74) is 3.27. The van der Waals surface area contributed by atoms with Crippen LogP contribution < -0.4 is 0 Å². The molecule has 106 valence electrons. The highest BCUT2D eigenvalue weighted by Crippen LogP contribution is 2.51. The van der Waals surface area contributed by atoms with Crippen LogP contribution in [0.2, 0.25) is 0 Å². The van der Waals surface area contributed by atoms with Gasteiger partial charge in [-0.3, -0.25) is 0 Å². The molecule has 0 radical (unpaired) electrons. The van der Waals surface area contributed by atoms with Gasteiger partial charge in [-0.15, -0.1) is 11.6 Å². The Morgan fingerprint density at radius 2 is 1.74 bits per heavy atom. The Hall–Kier alpha value is -0.490. The van der Waals surface area contributed by atoms with Gasteiger partial charge in [-0.2, -0.15) is 0 Å². The van der Waals surface area contributed by atoms with Gasteiger partial charge in [-0.25, -0.2) is 0 Å². The molecule has 1 aliphatic rings. The topological polar surface area (TPSA) is 0 Å². The molecule has 0 amide bonds. The molecule has 1 aliphatic carbocycles. The van der Waals surface area contributed by atoms with Crippen LogP contribution in [-0.2, 0) is 5.41 Å². The van der Waals surface area contributed by atoms with E-state index in [0.29, 0.717) is 11.3 Å². The van der Waals surface area contributed by atoms with Crippen molar-refractivity contribution in [2.75, 3.05) is 0 Å². The molecule has 0 N–H and O–H groups in total. The fourth-order valence-electron chi connectivity index (χ4n) is 3.30. The SMILES string of the molecule is CC(C)(C)c1ccc(C(Cl)C2CCCC2(C)C)cc1. The van der Waals surface area contributed by atoms with Crippen molar-refractivity contribution >= 4 is 11.6 Å². The predicted octanol–water partition coefficient (Wildman–Crippen LogP) is 6.09. The van der Waals surface area contributed by atoms with Crippen LogP contribution in [0.4, 0.5) is 0 Å². The summed E-state index contributed by atoms with van der Waals surface area (Å²) >= 11 is 6.76.